The SMILES string of the molecule is COC(=O)[C@H](NC1CCN(c2nc(C)cs2)CC1)c1ccccc1. The summed E-state index contributed by atoms with van der Waals surface area (Å²) in [5.41, 5.74) is 2.02. The van der Waals surface area contributed by atoms with Gasteiger partial charge in [-0.05, 0) is 25.3 Å². The number of hydrogen-bond acceptors (Lipinski definition) is 6. The lowest BCUT2D eigenvalue weighted by atomic mass is 10.0. The van der Waals surface area contributed by atoms with E-state index in [9.17, 15) is 4.79 Å². The quantitative estimate of drug-likeness (QED) is 0.845. The maximum atomic E-state index is 12.2. The molecule has 1 aromatic heterocycles. The monoisotopic (exact) mass is 345 g/mol. The molecule has 24 heavy (non-hydrogen) atoms. The van der Waals surface area contributed by atoms with E-state index in [1.165, 1.54) is 7.11 Å². The predicted molar refractivity (Wildman–Crippen MR) is 96.4 cm³/mol. The molecule has 2 heterocycles. The lowest BCUT2D eigenvalue weighted by Gasteiger charge is -2.34. The van der Waals surface area contributed by atoms with Crippen molar-refractivity contribution >= 4 is 22.4 Å². The fraction of sp³-hybridized carbons (Fsp3) is 0.444. The molecular formula is C18H23N3O2S. The second-order valence-corrected chi connectivity index (χ2v) is 6.90. The number of benzene rings is 1. The van der Waals surface area contributed by atoms with Gasteiger partial charge in [-0.15, -0.1) is 11.3 Å². The number of thiazole rings is 1. The van der Waals surface area contributed by atoms with Gasteiger partial charge in [0.05, 0.1) is 12.8 Å². The van der Waals surface area contributed by atoms with E-state index < -0.39 is 6.04 Å². The molecular weight excluding hydrogens is 322 g/mol. The van der Waals surface area contributed by atoms with Crippen molar-refractivity contribution in [2.45, 2.75) is 31.8 Å². The van der Waals surface area contributed by atoms with Gasteiger partial charge in [-0.2, -0.15) is 0 Å². The third-order valence-electron chi connectivity index (χ3n) is 4.34. The zero-order valence-corrected chi connectivity index (χ0v) is 14.9. The van der Waals surface area contributed by atoms with Gasteiger partial charge in [0.2, 0.25) is 0 Å². The number of piperidine rings is 1. The van der Waals surface area contributed by atoms with Crippen LogP contribution in [-0.4, -0.2) is 37.2 Å². The third-order valence-corrected chi connectivity index (χ3v) is 5.36. The van der Waals surface area contributed by atoms with E-state index in [2.05, 4.69) is 20.6 Å². The summed E-state index contributed by atoms with van der Waals surface area (Å²) in [5, 5.41) is 6.66. The van der Waals surface area contributed by atoms with Crippen molar-refractivity contribution in [1.82, 2.24) is 10.3 Å². The van der Waals surface area contributed by atoms with E-state index in [1.54, 1.807) is 11.3 Å². The molecule has 1 aliphatic heterocycles. The zero-order valence-electron chi connectivity index (χ0n) is 14.1. The molecule has 0 bridgehead atoms. The highest BCUT2D eigenvalue weighted by Gasteiger charge is 2.27. The van der Waals surface area contributed by atoms with Crippen molar-refractivity contribution in [2.24, 2.45) is 0 Å². The van der Waals surface area contributed by atoms with Gasteiger partial charge < -0.3 is 9.64 Å². The van der Waals surface area contributed by atoms with Gasteiger partial charge in [0.1, 0.15) is 6.04 Å². The van der Waals surface area contributed by atoms with Crippen molar-refractivity contribution < 1.29 is 9.53 Å². The summed E-state index contributed by atoms with van der Waals surface area (Å²) < 4.78 is 4.98. The largest absolute Gasteiger partial charge is 0.468 e. The number of methoxy groups -OCH3 is 1. The molecule has 5 nitrogen and oxygen atoms in total. The molecule has 1 saturated heterocycles. The number of carbonyl (C=O) groups excluding carboxylic acids is 1. The summed E-state index contributed by atoms with van der Waals surface area (Å²) in [4.78, 5) is 19.1. The summed E-state index contributed by atoms with van der Waals surface area (Å²) in [7, 11) is 1.44. The van der Waals surface area contributed by atoms with Gasteiger partial charge >= 0.3 is 5.97 Å². The fourth-order valence-corrected chi connectivity index (χ4v) is 3.88. The molecule has 1 N–H and O–H groups in total. The predicted octanol–water partition coefficient (Wildman–Crippen LogP) is 2.92. The van der Waals surface area contributed by atoms with Crippen LogP contribution < -0.4 is 10.2 Å². The van der Waals surface area contributed by atoms with Crippen LogP contribution >= 0.6 is 11.3 Å². The molecule has 2 aromatic rings. The average molecular weight is 345 g/mol. The minimum atomic E-state index is -0.408. The number of nitrogens with zero attached hydrogens (tertiary/aromatic N) is 2. The molecule has 1 fully saturated rings. The Hall–Kier alpha value is -1.92. The summed E-state index contributed by atoms with van der Waals surface area (Å²) in [6, 6.07) is 9.65. The first-order chi connectivity index (χ1) is 11.7. The topological polar surface area (TPSA) is 54.5 Å². The Morgan fingerprint density at radius 3 is 2.62 bits per heavy atom. The molecule has 1 aliphatic rings. The zero-order chi connectivity index (χ0) is 16.9. The number of ether oxygens (including phenoxy) is 1. The van der Waals surface area contributed by atoms with E-state index >= 15 is 0 Å². The lowest BCUT2D eigenvalue weighted by molar-refractivity contribution is -0.143. The molecule has 0 amide bonds. The highest BCUT2D eigenvalue weighted by molar-refractivity contribution is 7.13. The maximum Gasteiger partial charge on any atom is 0.327 e. The van der Waals surface area contributed by atoms with E-state index in [1.807, 2.05) is 37.3 Å². The van der Waals surface area contributed by atoms with Gasteiger partial charge in [-0.3, -0.25) is 5.32 Å². The van der Waals surface area contributed by atoms with Crippen LogP contribution in [0.1, 0.15) is 30.1 Å². The molecule has 0 saturated carbocycles. The van der Waals surface area contributed by atoms with Gasteiger partial charge in [-0.25, -0.2) is 9.78 Å². The van der Waals surface area contributed by atoms with Crippen molar-refractivity contribution in [3.05, 3.63) is 47.0 Å². The Morgan fingerprint density at radius 2 is 2.04 bits per heavy atom. The second-order valence-electron chi connectivity index (χ2n) is 6.07. The van der Waals surface area contributed by atoms with Gasteiger partial charge in [0.15, 0.2) is 5.13 Å². The van der Waals surface area contributed by atoms with E-state index in [0.29, 0.717) is 6.04 Å². The van der Waals surface area contributed by atoms with E-state index in [-0.39, 0.29) is 5.97 Å². The number of rotatable bonds is 5. The molecule has 1 atom stereocenters. The molecule has 0 radical (unpaired) electrons. The first-order valence-electron chi connectivity index (χ1n) is 8.23. The Labute approximate surface area is 146 Å². The van der Waals surface area contributed by atoms with Crippen LogP contribution in [0.5, 0.6) is 0 Å². The van der Waals surface area contributed by atoms with Crippen LogP contribution in [0.4, 0.5) is 5.13 Å². The van der Waals surface area contributed by atoms with Crippen LogP contribution in [0.2, 0.25) is 0 Å². The van der Waals surface area contributed by atoms with Gasteiger partial charge in [-0.1, -0.05) is 30.3 Å². The Bertz CT molecular complexity index is 666. The molecule has 6 heteroatoms. The number of esters is 1. The van der Waals surface area contributed by atoms with Crippen molar-refractivity contribution in [1.29, 1.82) is 0 Å². The molecule has 0 aliphatic carbocycles. The number of anilines is 1. The number of aryl methyl sites for hydroxylation is 1. The number of carbonyl (C=O) groups is 1. The van der Waals surface area contributed by atoms with Crippen molar-refractivity contribution in [3.63, 3.8) is 0 Å². The maximum absolute atomic E-state index is 12.2. The van der Waals surface area contributed by atoms with E-state index in [0.717, 1.165) is 42.3 Å². The Morgan fingerprint density at radius 1 is 1.33 bits per heavy atom. The number of hydrogen-bond donors (Lipinski definition) is 1. The first kappa shape index (κ1) is 16.9. The Kier molecular flexibility index (Phi) is 5.48. The lowest BCUT2D eigenvalue weighted by Crippen LogP contribution is -2.45. The molecule has 128 valence electrons. The standard InChI is InChI=1S/C18H23N3O2S/c1-13-12-24-18(19-13)21-10-8-15(9-11-21)20-16(17(22)23-2)14-6-4-3-5-7-14/h3-7,12,15-16,20H,8-11H2,1-2H3/t16-/m1/s1. The van der Waals surface area contributed by atoms with Crippen LogP contribution in [0.3, 0.4) is 0 Å². The minimum Gasteiger partial charge on any atom is -0.468 e. The Balaban J connectivity index is 1.61. The van der Waals surface area contributed by atoms with Crippen LogP contribution in [0.15, 0.2) is 35.7 Å². The summed E-state index contributed by atoms with van der Waals surface area (Å²) in [6.45, 7) is 3.93. The smallest absolute Gasteiger partial charge is 0.327 e. The van der Waals surface area contributed by atoms with Gasteiger partial charge in [0, 0.05) is 24.5 Å². The van der Waals surface area contributed by atoms with Gasteiger partial charge in [0.25, 0.3) is 0 Å². The van der Waals surface area contributed by atoms with E-state index in [4.69, 9.17) is 4.74 Å². The highest BCUT2D eigenvalue weighted by atomic mass is 32.1. The van der Waals surface area contributed by atoms with Crippen LogP contribution in [0, 0.1) is 6.92 Å². The fourth-order valence-electron chi connectivity index (χ4n) is 3.02. The number of aromatic nitrogens is 1. The van der Waals surface area contributed by atoms with Crippen LogP contribution in [-0.2, 0) is 9.53 Å². The molecule has 1 aromatic carbocycles. The summed E-state index contributed by atoms with van der Waals surface area (Å²) in [6.07, 6.45) is 1.97. The number of nitrogens with one attached hydrogen (secondary N) is 1. The highest BCUT2D eigenvalue weighted by Crippen LogP contribution is 2.25. The molecule has 0 spiro atoms. The molecule has 0 unspecified atom stereocenters. The minimum absolute atomic E-state index is 0.237. The van der Waals surface area contributed by atoms with Crippen molar-refractivity contribution in [3.8, 4) is 0 Å². The first-order valence-corrected chi connectivity index (χ1v) is 9.11. The summed E-state index contributed by atoms with van der Waals surface area (Å²) >= 11 is 1.70. The van der Waals surface area contributed by atoms with Crippen molar-refractivity contribution in [2.75, 3.05) is 25.1 Å². The van der Waals surface area contributed by atoms with Crippen LogP contribution in [0.25, 0.3) is 0 Å². The third kappa shape index (κ3) is 3.94. The normalized spacial score (nSPS) is 16.8. The second kappa shape index (κ2) is 7.77. The average Bonchev–Trinajstić information content (AvgIpc) is 3.06. The molecule has 3 rings (SSSR count). The summed E-state index contributed by atoms with van der Waals surface area (Å²) in [5.74, 6) is -0.237.